The fraction of sp³-hybridized carbons (Fsp3) is 0.412. The van der Waals surface area contributed by atoms with E-state index in [9.17, 15) is 9.18 Å². The van der Waals surface area contributed by atoms with Gasteiger partial charge in [-0.1, -0.05) is 16.9 Å². The molecular formula is C17H18FN5O2S. The first-order valence-corrected chi connectivity index (χ1v) is 9.24. The zero-order chi connectivity index (χ0) is 18.1. The van der Waals surface area contributed by atoms with Gasteiger partial charge >= 0.3 is 6.01 Å². The Bertz CT molecular complexity index is 847. The minimum atomic E-state index is -0.580. The van der Waals surface area contributed by atoms with Crippen LogP contribution in [0.5, 0.6) is 0 Å². The number of aliphatic imine (C=N–C) groups is 1. The van der Waals surface area contributed by atoms with Crippen molar-refractivity contribution in [1.29, 1.82) is 0 Å². The van der Waals surface area contributed by atoms with E-state index in [4.69, 9.17) is 4.42 Å². The first-order valence-electron chi connectivity index (χ1n) is 8.43. The number of halogens is 1. The molecule has 2 aromatic rings. The van der Waals surface area contributed by atoms with Crippen molar-refractivity contribution in [2.45, 2.75) is 24.5 Å². The van der Waals surface area contributed by atoms with E-state index in [1.54, 1.807) is 12.1 Å². The summed E-state index contributed by atoms with van der Waals surface area (Å²) < 4.78 is 17.9. The van der Waals surface area contributed by atoms with Gasteiger partial charge in [0.25, 0.3) is 0 Å². The topological polar surface area (TPSA) is 83.6 Å². The number of benzene rings is 1. The van der Waals surface area contributed by atoms with Crippen LogP contribution >= 0.6 is 11.8 Å². The molecule has 7 nitrogen and oxygen atoms in total. The van der Waals surface area contributed by atoms with Crippen LogP contribution in [0.4, 0.5) is 10.4 Å². The van der Waals surface area contributed by atoms with Gasteiger partial charge in [0.05, 0.1) is 0 Å². The van der Waals surface area contributed by atoms with Crippen LogP contribution in [0.25, 0.3) is 11.5 Å². The van der Waals surface area contributed by atoms with Gasteiger partial charge in [0.15, 0.2) is 5.17 Å². The van der Waals surface area contributed by atoms with Crippen molar-refractivity contribution in [2.24, 2.45) is 4.99 Å². The van der Waals surface area contributed by atoms with Gasteiger partial charge in [-0.2, -0.15) is 4.99 Å². The fourth-order valence-electron chi connectivity index (χ4n) is 3.09. The van der Waals surface area contributed by atoms with Crippen molar-refractivity contribution in [3.63, 3.8) is 0 Å². The monoisotopic (exact) mass is 375 g/mol. The quantitative estimate of drug-likeness (QED) is 0.884. The van der Waals surface area contributed by atoms with Crippen LogP contribution in [-0.2, 0) is 4.79 Å². The molecule has 136 valence electrons. The molecule has 2 fully saturated rings. The number of carbonyl (C=O) groups is 1. The summed E-state index contributed by atoms with van der Waals surface area (Å²) in [5.74, 6) is -0.152. The largest absolute Gasteiger partial charge is 0.402 e. The Morgan fingerprint density at radius 2 is 2.04 bits per heavy atom. The Hall–Kier alpha value is -2.26. The van der Waals surface area contributed by atoms with E-state index in [0.717, 1.165) is 13.1 Å². The maximum absolute atomic E-state index is 13.0. The lowest BCUT2D eigenvalue weighted by atomic mass is 10.1. The number of amides is 1. The first-order chi connectivity index (χ1) is 12.5. The minimum Gasteiger partial charge on any atom is -0.402 e. The highest BCUT2D eigenvalue weighted by molar-refractivity contribution is 8.16. The van der Waals surface area contributed by atoms with E-state index in [1.807, 2.05) is 6.92 Å². The zero-order valence-corrected chi connectivity index (χ0v) is 15.1. The molecule has 1 amide bonds. The van der Waals surface area contributed by atoms with Crippen molar-refractivity contribution in [3.8, 4) is 11.5 Å². The lowest BCUT2D eigenvalue weighted by Crippen LogP contribution is -2.43. The molecule has 1 aromatic heterocycles. The molecule has 26 heavy (non-hydrogen) atoms. The van der Waals surface area contributed by atoms with Crippen molar-refractivity contribution < 1.29 is 13.6 Å². The zero-order valence-electron chi connectivity index (χ0n) is 14.2. The summed E-state index contributed by atoms with van der Waals surface area (Å²) in [7, 11) is 0. The normalized spacial score (nSPS) is 25.2. The standard InChI is InChI=1S/C17H18FN5O2S/c1-17(10-23-8-2-3-9-23)14(24)19-16(26-17)20-15-22-21-13(25-15)11-4-6-12(18)7-5-11/h4-7H,2-3,8-10H2,1H3,(H,19,20,22,24). The third-order valence-electron chi connectivity index (χ3n) is 4.45. The summed E-state index contributed by atoms with van der Waals surface area (Å²) >= 11 is 1.38. The number of hydrogen-bond donors (Lipinski definition) is 1. The van der Waals surface area contributed by atoms with Gasteiger partial charge in [0, 0.05) is 12.1 Å². The Morgan fingerprint density at radius 1 is 1.31 bits per heavy atom. The molecule has 3 heterocycles. The van der Waals surface area contributed by atoms with Crippen LogP contribution in [0, 0.1) is 5.82 Å². The molecule has 1 aromatic carbocycles. The third kappa shape index (κ3) is 3.49. The molecule has 0 saturated carbocycles. The Kier molecular flexibility index (Phi) is 4.49. The van der Waals surface area contributed by atoms with Crippen LogP contribution < -0.4 is 5.32 Å². The van der Waals surface area contributed by atoms with Crippen molar-refractivity contribution in [3.05, 3.63) is 30.1 Å². The molecule has 0 bridgehead atoms. The van der Waals surface area contributed by atoms with Gasteiger partial charge in [-0.25, -0.2) is 4.39 Å². The van der Waals surface area contributed by atoms with Crippen LogP contribution in [0.3, 0.4) is 0 Å². The van der Waals surface area contributed by atoms with Gasteiger partial charge < -0.3 is 14.6 Å². The van der Waals surface area contributed by atoms with Crippen LogP contribution in [0.1, 0.15) is 19.8 Å². The molecule has 9 heteroatoms. The number of rotatable bonds is 4. The molecule has 0 aliphatic carbocycles. The second kappa shape index (κ2) is 6.81. The van der Waals surface area contributed by atoms with E-state index in [-0.39, 0.29) is 23.6 Å². The van der Waals surface area contributed by atoms with Gasteiger partial charge in [-0.15, -0.1) is 5.10 Å². The van der Waals surface area contributed by atoms with Crippen molar-refractivity contribution >= 4 is 28.9 Å². The van der Waals surface area contributed by atoms with Gasteiger partial charge in [0.2, 0.25) is 11.8 Å². The molecule has 2 aliphatic heterocycles. The highest BCUT2D eigenvalue weighted by atomic mass is 32.2. The maximum atomic E-state index is 13.0. The molecular weight excluding hydrogens is 357 g/mol. The number of amidine groups is 1. The van der Waals surface area contributed by atoms with Crippen molar-refractivity contribution in [1.82, 2.24) is 20.4 Å². The molecule has 4 rings (SSSR count). The second-order valence-corrected chi connectivity index (χ2v) is 8.08. The molecule has 0 spiro atoms. The average Bonchev–Trinajstić information content (AvgIpc) is 3.32. The molecule has 1 atom stereocenters. The van der Waals surface area contributed by atoms with Crippen LogP contribution in [-0.4, -0.2) is 50.6 Å². The highest BCUT2D eigenvalue weighted by Gasteiger charge is 2.44. The van der Waals surface area contributed by atoms with Gasteiger partial charge in [-0.05, 0) is 57.1 Å². The summed E-state index contributed by atoms with van der Waals surface area (Å²) in [6, 6.07) is 5.81. The predicted octanol–water partition coefficient (Wildman–Crippen LogP) is 2.58. The lowest BCUT2D eigenvalue weighted by molar-refractivity contribution is -0.121. The molecule has 2 aliphatic rings. The van der Waals surface area contributed by atoms with E-state index in [1.165, 1.54) is 36.7 Å². The maximum Gasteiger partial charge on any atom is 0.345 e. The van der Waals surface area contributed by atoms with Crippen LogP contribution in [0.15, 0.2) is 33.7 Å². The minimum absolute atomic E-state index is 0.0533. The summed E-state index contributed by atoms with van der Waals surface area (Å²) in [6.07, 6.45) is 2.36. The number of carbonyl (C=O) groups excluding carboxylic acids is 1. The smallest absolute Gasteiger partial charge is 0.345 e. The summed E-state index contributed by atoms with van der Waals surface area (Å²) in [5.41, 5.74) is 0.604. The van der Waals surface area contributed by atoms with E-state index in [0.29, 0.717) is 17.3 Å². The fourth-order valence-corrected chi connectivity index (χ4v) is 4.18. The number of hydrogen-bond acceptors (Lipinski definition) is 7. The van der Waals surface area contributed by atoms with Gasteiger partial charge in [-0.3, -0.25) is 4.79 Å². The van der Waals surface area contributed by atoms with E-state index in [2.05, 4.69) is 25.4 Å². The Labute approximate surface area is 154 Å². The van der Waals surface area contributed by atoms with Crippen LogP contribution in [0.2, 0.25) is 0 Å². The number of likely N-dealkylation sites (tertiary alicyclic amines) is 1. The SMILES string of the molecule is CC1(CN2CCCC2)S/C(=N/c2nnc(-c3ccc(F)cc3)o2)NC1=O. The molecule has 1 N–H and O–H groups in total. The number of aromatic nitrogens is 2. The van der Waals surface area contributed by atoms with Gasteiger partial charge in [0.1, 0.15) is 10.6 Å². The third-order valence-corrected chi connectivity index (χ3v) is 5.60. The Morgan fingerprint density at radius 3 is 2.77 bits per heavy atom. The molecule has 1 unspecified atom stereocenters. The second-order valence-electron chi connectivity index (χ2n) is 6.58. The number of nitrogens with one attached hydrogen (secondary N) is 1. The number of thioether (sulfide) groups is 1. The molecule has 2 saturated heterocycles. The molecule has 0 radical (unpaired) electrons. The van der Waals surface area contributed by atoms with E-state index < -0.39 is 4.75 Å². The summed E-state index contributed by atoms with van der Waals surface area (Å²) in [4.78, 5) is 19.0. The Balaban J connectivity index is 1.48. The first kappa shape index (κ1) is 17.2. The average molecular weight is 375 g/mol. The predicted molar refractivity (Wildman–Crippen MR) is 96.6 cm³/mol. The summed E-state index contributed by atoms with van der Waals surface area (Å²) in [5, 5.41) is 11.0. The number of nitrogens with zero attached hydrogens (tertiary/aromatic N) is 4. The van der Waals surface area contributed by atoms with Crippen molar-refractivity contribution in [2.75, 3.05) is 19.6 Å². The summed E-state index contributed by atoms with van der Waals surface area (Å²) in [6.45, 7) is 4.67. The van der Waals surface area contributed by atoms with E-state index >= 15 is 0 Å². The lowest BCUT2D eigenvalue weighted by Gasteiger charge is -2.25. The highest BCUT2D eigenvalue weighted by Crippen LogP contribution is 2.34.